The number of benzene rings is 2. The summed E-state index contributed by atoms with van der Waals surface area (Å²) in [6.45, 7) is 0.491. The van der Waals surface area contributed by atoms with Crippen molar-refractivity contribution in [2.24, 2.45) is 4.99 Å². The van der Waals surface area contributed by atoms with E-state index in [9.17, 15) is 0 Å². The topological polar surface area (TPSA) is 47.4 Å². The lowest BCUT2D eigenvalue weighted by atomic mass is 10.0. The van der Waals surface area contributed by atoms with Crippen LogP contribution in [0.2, 0.25) is 0 Å². The second-order valence-electron chi connectivity index (χ2n) is 5.02. The molecule has 0 radical (unpaired) electrons. The van der Waals surface area contributed by atoms with Crippen LogP contribution in [0.4, 0.5) is 5.69 Å². The summed E-state index contributed by atoms with van der Waals surface area (Å²) in [6, 6.07) is 16.0. The van der Waals surface area contributed by atoms with Crippen LogP contribution in [0.3, 0.4) is 0 Å². The molecule has 4 nitrogen and oxygen atoms in total. The Labute approximate surface area is 128 Å². The Morgan fingerprint density at radius 1 is 0.773 bits per heavy atom. The van der Waals surface area contributed by atoms with Crippen LogP contribution < -0.4 is 4.74 Å². The number of nitrogens with zero attached hydrogens (tertiary/aromatic N) is 3. The Bertz CT molecular complexity index is 826. The number of hydrogen-bond acceptors (Lipinski definition) is 4. The molecule has 0 saturated carbocycles. The smallest absolute Gasteiger partial charge is 0.145 e. The monoisotopic (exact) mass is 287 g/mol. The van der Waals surface area contributed by atoms with Gasteiger partial charge in [0.05, 0.1) is 5.71 Å². The second kappa shape index (κ2) is 5.41. The van der Waals surface area contributed by atoms with Crippen LogP contribution in [0, 0.1) is 0 Å². The van der Waals surface area contributed by atoms with Crippen molar-refractivity contribution >= 4 is 11.4 Å². The maximum absolute atomic E-state index is 5.75. The lowest BCUT2D eigenvalue weighted by Gasteiger charge is -2.17. The van der Waals surface area contributed by atoms with Gasteiger partial charge in [-0.15, -0.1) is 0 Å². The van der Waals surface area contributed by atoms with Gasteiger partial charge < -0.3 is 4.74 Å². The Morgan fingerprint density at radius 2 is 1.50 bits per heavy atom. The van der Waals surface area contributed by atoms with E-state index in [0.717, 1.165) is 33.8 Å². The van der Waals surface area contributed by atoms with E-state index in [-0.39, 0.29) is 0 Å². The predicted molar refractivity (Wildman–Crippen MR) is 85.6 cm³/mol. The minimum atomic E-state index is 0.491. The summed E-state index contributed by atoms with van der Waals surface area (Å²) in [4.78, 5) is 12.8. The molecule has 22 heavy (non-hydrogen) atoms. The van der Waals surface area contributed by atoms with Crippen LogP contribution in [0.25, 0.3) is 11.1 Å². The molecule has 2 heterocycles. The third-order valence-electron chi connectivity index (χ3n) is 3.60. The minimum absolute atomic E-state index is 0.491. The van der Waals surface area contributed by atoms with Gasteiger partial charge in [0, 0.05) is 18.0 Å². The third kappa shape index (κ3) is 2.35. The molecule has 0 amide bonds. The van der Waals surface area contributed by atoms with Crippen LogP contribution >= 0.6 is 0 Å². The van der Waals surface area contributed by atoms with Crippen molar-refractivity contribution < 1.29 is 4.74 Å². The van der Waals surface area contributed by atoms with Crippen molar-refractivity contribution in [3.63, 3.8) is 0 Å². The van der Waals surface area contributed by atoms with Crippen LogP contribution in [0.5, 0.6) is 5.75 Å². The highest BCUT2D eigenvalue weighted by molar-refractivity contribution is 6.04. The molecule has 106 valence electrons. The Kier molecular flexibility index (Phi) is 3.12. The van der Waals surface area contributed by atoms with Crippen molar-refractivity contribution in [2.75, 3.05) is 6.61 Å². The lowest BCUT2D eigenvalue weighted by Crippen LogP contribution is -2.16. The molecule has 4 rings (SSSR count). The Balaban J connectivity index is 1.66. The number of para-hydroxylation sites is 2. The average molecular weight is 287 g/mol. The van der Waals surface area contributed by atoms with Gasteiger partial charge in [-0.3, -0.25) is 0 Å². The Hall–Kier alpha value is -3.01. The largest absolute Gasteiger partial charge is 0.485 e. The van der Waals surface area contributed by atoms with Crippen molar-refractivity contribution in [1.29, 1.82) is 0 Å². The summed E-state index contributed by atoms with van der Waals surface area (Å²) in [5, 5.41) is 0. The lowest BCUT2D eigenvalue weighted by molar-refractivity contribution is 0.373. The fourth-order valence-corrected chi connectivity index (χ4v) is 2.45. The maximum Gasteiger partial charge on any atom is 0.145 e. The van der Waals surface area contributed by atoms with Gasteiger partial charge in [0.1, 0.15) is 24.4 Å². The van der Waals surface area contributed by atoms with E-state index in [4.69, 9.17) is 4.74 Å². The first-order valence-corrected chi connectivity index (χ1v) is 7.05. The molecule has 0 unspecified atom stereocenters. The summed E-state index contributed by atoms with van der Waals surface area (Å²) in [6.07, 6.45) is 5.14. The highest BCUT2D eigenvalue weighted by Gasteiger charge is 2.13. The van der Waals surface area contributed by atoms with Gasteiger partial charge in [0.15, 0.2) is 0 Å². The molecule has 0 aliphatic carbocycles. The fourth-order valence-electron chi connectivity index (χ4n) is 2.45. The third-order valence-corrected chi connectivity index (χ3v) is 3.60. The van der Waals surface area contributed by atoms with E-state index < -0.39 is 0 Å². The number of ether oxygens (including phenoxy) is 1. The highest BCUT2D eigenvalue weighted by Crippen LogP contribution is 2.31. The van der Waals surface area contributed by atoms with Gasteiger partial charge in [-0.05, 0) is 23.3 Å². The van der Waals surface area contributed by atoms with Gasteiger partial charge >= 0.3 is 0 Å². The number of hydrogen-bond donors (Lipinski definition) is 0. The molecular weight excluding hydrogens is 274 g/mol. The molecule has 2 aromatic carbocycles. The molecule has 3 aromatic rings. The molecule has 0 atom stereocenters. The molecule has 0 saturated heterocycles. The van der Waals surface area contributed by atoms with Gasteiger partial charge in [-0.25, -0.2) is 15.0 Å². The molecule has 1 aliphatic heterocycles. The predicted octanol–water partition coefficient (Wildman–Crippen LogP) is 3.66. The second-order valence-corrected chi connectivity index (χ2v) is 5.02. The number of aromatic nitrogens is 2. The molecule has 0 spiro atoms. The maximum atomic E-state index is 5.75. The summed E-state index contributed by atoms with van der Waals surface area (Å²) in [5.41, 5.74) is 4.97. The highest BCUT2D eigenvalue weighted by atomic mass is 16.5. The van der Waals surface area contributed by atoms with E-state index in [2.05, 4.69) is 39.2 Å². The summed E-state index contributed by atoms with van der Waals surface area (Å²) >= 11 is 0. The van der Waals surface area contributed by atoms with Gasteiger partial charge in [-0.1, -0.05) is 36.4 Å². The van der Waals surface area contributed by atoms with Crippen molar-refractivity contribution in [1.82, 2.24) is 9.97 Å². The first-order valence-electron chi connectivity index (χ1n) is 7.05. The minimum Gasteiger partial charge on any atom is -0.485 e. The molecule has 0 N–H and O–H groups in total. The number of aliphatic imine (C=N–C) groups is 1. The van der Waals surface area contributed by atoms with Crippen LogP contribution in [0.15, 0.2) is 72.2 Å². The first-order chi connectivity index (χ1) is 10.9. The zero-order chi connectivity index (χ0) is 14.8. The molecule has 1 aliphatic rings. The zero-order valence-electron chi connectivity index (χ0n) is 11.8. The quantitative estimate of drug-likeness (QED) is 0.722. The van der Waals surface area contributed by atoms with Crippen LogP contribution in [-0.2, 0) is 0 Å². The normalized spacial score (nSPS) is 13.0. The van der Waals surface area contributed by atoms with E-state index in [1.165, 1.54) is 6.33 Å². The molecular formula is C18H13N3O. The fraction of sp³-hybridized carbons (Fsp3) is 0.0556. The van der Waals surface area contributed by atoms with Gasteiger partial charge in [0.2, 0.25) is 0 Å². The van der Waals surface area contributed by atoms with Crippen molar-refractivity contribution in [3.05, 3.63) is 72.8 Å². The average Bonchev–Trinajstić information content (AvgIpc) is 2.62. The molecule has 0 bridgehead atoms. The van der Waals surface area contributed by atoms with E-state index in [0.29, 0.717) is 6.61 Å². The number of fused-ring (bicyclic) bond motifs is 1. The molecule has 4 heteroatoms. The summed E-state index contributed by atoms with van der Waals surface area (Å²) in [7, 11) is 0. The summed E-state index contributed by atoms with van der Waals surface area (Å²) < 4.78 is 5.75. The Morgan fingerprint density at radius 3 is 2.32 bits per heavy atom. The first kappa shape index (κ1) is 12.7. The molecule has 1 aromatic heterocycles. The summed E-state index contributed by atoms with van der Waals surface area (Å²) in [5.74, 6) is 0.837. The van der Waals surface area contributed by atoms with Crippen molar-refractivity contribution in [2.45, 2.75) is 0 Å². The zero-order valence-corrected chi connectivity index (χ0v) is 11.8. The SMILES string of the molecule is c1ccc2c(c1)N=C(c1ccc(-c3cncnc3)cc1)CO2. The van der Waals surface area contributed by atoms with Gasteiger partial charge in [-0.2, -0.15) is 0 Å². The van der Waals surface area contributed by atoms with Gasteiger partial charge in [0.25, 0.3) is 0 Å². The van der Waals surface area contributed by atoms with Crippen LogP contribution in [-0.4, -0.2) is 22.3 Å². The van der Waals surface area contributed by atoms with E-state index in [1.54, 1.807) is 12.4 Å². The van der Waals surface area contributed by atoms with E-state index >= 15 is 0 Å². The molecule has 0 fully saturated rings. The standard InChI is InChI=1S/C18H13N3O/c1-2-4-18-16(3-1)21-17(11-22-18)14-7-5-13(6-8-14)15-9-19-12-20-10-15/h1-10,12H,11H2. The van der Waals surface area contributed by atoms with Crippen LogP contribution in [0.1, 0.15) is 5.56 Å². The van der Waals surface area contributed by atoms with E-state index in [1.807, 2.05) is 24.3 Å². The number of rotatable bonds is 2. The van der Waals surface area contributed by atoms with Crippen molar-refractivity contribution in [3.8, 4) is 16.9 Å².